The van der Waals surface area contributed by atoms with Crippen LogP contribution < -0.4 is 9.47 Å². The highest BCUT2D eigenvalue weighted by atomic mass is 19.4. The summed E-state index contributed by atoms with van der Waals surface area (Å²) in [6.07, 6.45) is -5.81. The summed E-state index contributed by atoms with van der Waals surface area (Å²) in [6, 6.07) is 13.0. The Morgan fingerprint density at radius 1 is 1.10 bits per heavy atom. The van der Waals surface area contributed by atoms with Crippen molar-refractivity contribution in [3.05, 3.63) is 59.7 Å². The Morgan fingerprint density at radius 2 is 1.67 bits per heavy atom. The number of carbonyl (C=O) groups excluding carboxylic acids is 1. The Labute approximate surface area is 171 Å². The van der Waals surface area contributed by atoms with Crippen molar-refractivity contribution in [2.45, 2.75) is 38.8 Å². The smallest absolute Gasteiger partial charge is 0.438 e. The molecule has 160 valence electrons. The fourth-order valence-corrected chi connectivity index (χ4v) is 2.99. The van der Waals surface area contributed by atoms with E-state index in [2.05, 4.69) is 5.10 Å². The SMILES string of the molecule is CCOc1ccc(OCc2ccc(C(=O)N3N=C(C)C[C@]3(O)C(F)(F)F)cc2)cc1. The van der Waals surface area contributed by atoms with Crippen LogP contribution >= 0.6 is 0 Å². The van der Waals surface area contributed by atoms with E-state index in [9.17, 15) is 23.1 Å². The lowest BCUT2D eigenvalue weighted by Crippen LogP contribution is -2.56. The van der Waals surface area contributed by atoms with Crippen LogP contribution in [0.15, 0.2) is 53.6 Å². The molecule has 3 rings (SSSR count). The molecular weight excluding hydrogens is 401 g/mol. The second-order valence-electron chi connectivity index (χ2n) is 6.83. The Balaban J connectivity index is 1.67. The highest BCUT2D eigenvalue weighted by Gasteiger charge is 2.62. The number of nitrogens with zero attached hydrogens (tertiary/aromatic N) is 2. The number of aliphatic hydroxyl groups is 1. The third-order valence-corrected chi connectivity index (χ3v) is 4.51. The van der Waals surface area contributed by atoms with Crippen LogP contribution in [0.2, 0.25) is 0 Å². The van der Waals surface area contributed by atoms with Crippen molar-refractivity contribution in [3.8, 4) is 11.5 Å². The van der Waals surface area contributed by atoms with E-state index in [1.165, 1.54) is 19.1 Å². The van der Waals surface area contributed by atoms with Crippen LogP contribution in [0.5, 0.6) is 11.5 Å². The van der Waals surface area contributed by atoms with E-state index in [4.69, 9.17) is 9.47 Å². The number of hydrogen-bond acceptors (Lipinski definition) is 5. The topological polar surface area (TPSA) is 71.4 Å². The van der Waals surface area contributed by atoms with Crippen LogP contribution in [0.1, 0.15) is 36.2 Å². The van der Waals surface area contributed by atoms with Crippen LogP contribution in [-0.2, 0) is 6.61 Å². The predicted molar refractivity (Wildman–Crippen MR) is 103 cm³/mol. The number of benzene rings is 2. The molecule has 9 heteroatoms. The van der Waals surface area contributed by atoms with Gasteiger partial charge in [0.05, 0.1) is 6.61 Å². The van der Waals surface area contributed by atoms with E-state index >= 15 is 0 Å². The number of ether oxygens (including phenoxy) is 2. The first kappa shape index (κ1) is 21.6. The van der Waals surface area contributed by atoms with Crippen LogP contribution in [0, 0.1) is 0 Å². The van der Waals surface area contributed by atoms with Gasteiger partial charge in [0.25, 0.3) is 11.6 Å². The molecule has 2 aromatic carbocycles. The zero-order valence-corrected chi connectivity index (χ0v) is 16.4. The molecule has 0 bridgehead atoms. The van der Waals surface area contributed by atoms with E-state index < -0.39 is 24.2 Å². The molecule has 0 aromatic heterocycles. The molecule has 0 aliphatic carbocycles. The molecule has 0 spiro atoms. The van der Waals surface area contributed by atoms with Gasteiger partial charge in [0.15, 0.2) is 0 Å². The second kappa shape index (κ2) is 8.35. The van der Waals surface area contributed by atoms with E-state index in [1.54, 1.807) is 36.4 Å². The summed E-state index contributed by atoms with van der Waals surface area (Å²) in [6.45, 7) is 3.98. The van der Waals surface area contributed by atoms with Gasteiger partial charge in [0, 0.05) is 17.7 Å². The van der Waals surface area contributed by atoms with Crippen LogP contribution in [0.3, 0.4) is 0 Å². The normalized spacial score (nSPS) is 18.9. The highest BCUT2D eigenvalue weighted by Crippen LogP contribution is 2.40. The fraction of sp³-hybridized carbons (Fsp3) is 0.333. The number of hydrogen-bond donors (Lipinski definition) is 1. The molecule has 0 saturated carbocycles. The molecule has 1 amide bonds. The van der Waals surface area contributed by atoms with Gasteiger partial charge in [-0.25, -0.2) is 0 Å². The number of hydrazone groups is 1. The molecule has 6 nitrogen and oxygen atoms in total. The average Bonchev–Trinajstić information content (AvgIpc) is 3.03. The van der Waals surface area contributed by atoms with Crippen molar-refractivity contribution in [2.24, 2.45) is 5.10 Å². The third kappa shape index (κ3) is 4.40. The van der Waals surface area contributed by atoms with Crippen molar-refractivity contribution in [1.82, 2.24) is 5.01 Å². The number of rotatable bonds is 6. The van der Waals surface area contributed by atoms with Gasteiger partial charge >= 0.3 is 6.18 Å². The molecule has 1 atom stereocenters. The average molecular weight is 422 g/mol. The van der Waals surface area contributed by atoms with Gasteiger partial charge < -0.3 is 14.6 Å². The first-order chi connectivity index (χ1) is 14.1. The van der Waals surface area contributed by atoms with Gasteiger partial charge in [-0.2, -0.15) is 23.3 Å². The van der Waals surface area contributed by atoms with Crippen molar-refractivity contribution in [2.75, 3.05) is 6.61 Å². The second-order valence-corrected chi connectivity index (χ2v) is 6.83. The van der Waals surface area contributed by atoms with E-state index in [-0.39, 0.29) is 22.9 Å². The number of carbonyl (C=O) groups is 1. The van der Waals surface area contributed by atoms with Gasteiger partial charge in [0.1, 0.15) is 18.1 Å². The molecule has 1 aliphatic heterocycles. The van der Waals surface area contributed by atoms with E-state index in [0.717, 1.165) is 5.75 Å². The summed E-state index contributed by atoms with van der Waals surface area (Å²) in [4.78, 5) is 12.5. The van der Waals surface area contributed by atoms with Gasteiger partial charge in [-0.1, -0.05) is 12.1 Å². The molecular formula is C21H21F3N2O4. The molecule has 1 aliphatic rings. The van der Waals surface area contributed by atoms with Crippen LogP contribution in [0.25, 0.3) is 0 Å². The largest absolute Gasteiger partial charge is 0.494 e. The van der Waals surface area contributed by atoms with Crippen molar-refractivity contribution in [1.29, 1.82) is 0 Å². The lowest BCUT2D eigenvalue weighted by atomic mass is 10.1. The zero-order chi connectivity index (χ0) is 21.9. The maximum atomic E-state index is 13.3. The Kier molecular flexibility index (Phi) is 6.02. The number of amides is 1. The van der Waals surface area contributed by atoms with Gasteiger partial charge in [-0.05, 0) is 55.8 Å². The van der Waals surface area contributed by atoms with E-state index in [0.29, 0.717) is 17.9 Å². The summed E-state index contributed by atoms with van der Waals surface area (Å²) < 4.78 is 50.9. The van der Waals surface area contributed by atoms with Crippen LogP contribution in [0.4, 0.5) is 13.2 Å². The maximum Gasteiger partial charge on any atom is 0.438 e. The third-order valence-electron chi connectivity index (χ3n) is 4.51. The Hall–Kier alpha value is -3.07. The molecule has 0 saturated heterocycles. The lowest BCUT2D eigenvalue weighted by Gasteiger charge is -2.32. The highest BCUT2D eigenvalue weighted by molar-refractivity contribution is 5.97. The van der Waals surface area contributed by atoms with Gasteiger partial charge in [0.2, 0.25) is 0 Å². The summed E-state index contributed by atoms with van der Waals surface area (Å²) in [5, 5.41) is 13.7. The molecule has 30 heavy (non-hydrogen) atoms. The standard InChI is InChI=1S/C21H21F3N2O4/c1-3-29-17-8-10-18(11-9-17)30-13-15-4-6-16(7-5-15)19(27)26-20(28,21(22,23)24)12-14(2)25-26/h4-11,28H,3,12-13H2,1-2H3/t20-/m0/s1. The molecule has 1 heterocycles. The minimum atomic E-state index is -5.03. The summed E-state index contributed by atoms with van der Waals surface area (Å²) in [7, 11) is 0. The summed E-state index contributed by atoms with van der Waals surface area (Å²) in [5.41, 5.74) is -2.64. The molecule has 0 radical (unpaired) electrons. The predicted octanol–water partition coefficient (Wildman–Crippen LogP) is 4.14. The molecule has 2 aromatic rings. The minimum absolute atomic E-state index is 0.0172. The fourth-order valence-electron chi connectivity index (χ4n) is 2.99. The monoisotopic (exact) mass is 422 g/mol. The first-order valence-corrected chi connectivity index (χ1v) is 9.26. The van der Waals surface area contributed by atoms with E-state index in [1.807, 2.05) is 6.92 Å². The Morgan fingerprint density at radius 3 is 2.20 bits per heavy atom. The van der Waals surface area contributed by atoms with Gasteiger partial charge in [-0.15, -0.1) is 0 Å². The van der Waals surface area contributed by atoms with Crippen molar-refractivity contribution < 1.29 is 32.5 Å². The van der Waals surface area contributed by atoms with Crippen LogP contribution in [-0.4, -0.2) is 40.2 Å². The maximum absolute atomic E-state index is 13.3. The summed E-state index contributed by atoms with van der Waals surface area (Å²) >= 11 is 0. The zero-order valence-electron chi connectivity index (χ0n) is 16.4. The van der Waals surface area contributed by atoms with Crippen molar-refractivity contribution in [3.63, 3.8) is 0 Å². The van der Waals surface area contributed by atoms with Gasteiger partial charge in [-0.3, -0.25) is 4.79 Å². The molecule has 0 fully saturated rings. The Bertz CT molecular complexity index is 927. The summed E-state index contributed by atoms with van der Waals surface area (Å²) in [5.74, 6) is 0.313. The minimum Gasteiger partial charge on any atom is -0.494 e. The number of alkyl halides is 3. The molecule has 0 unspecified atom stereocenters. The van der Waals surface area contributed by atoms with Crippen molar-refractivity contribution >= 4 is 11.6 Å². The number of halogens is 3. The quantitative estimate of drug-likeness (QED) is 0.760. The lowest BCUT2D eigenvalue weighted by molar-refractivity contribution is -0.297. The first-order valence-electron chi connectivity index (χ1n) is 9.26. The molecule has 1 N–H and O–H groups in total.